The number of nitrogens with zero attached hydrogens (tertiary/aromatic N) is 4. The zero-order valence-electron chi connectivity index (χ0n) is 16.4. The van der Waals surface area contributed by atoms with Gasteiger partial charge in [-0.3, -0.25) is 9.67 Å². The number of fused-ring (bicyclic) bond motifs is 1. The van der Waals surface area contributed by atoms with Crippen LogP contribution in [0.1, 0.15) is 38.5 Å². The third kappa shape index (κ3) is 3.57. The highest BCUT2D eigenvalue weighted by molar-refractivity contribution is 6.36. The van der Waals surface area contributed by atoms with Crippen molar-refractivity contribution in [1.29, 1.82) is 0 Å². The van der Waals surface area contributed by atoms with E-state index in [0.717, 1.165) is 15.9 Å². The lowest BCUT2D eigenvalue weighted by Gasteiger charge is -2.17. The van der Waals surface area contributed by atoms with E-state index in [4.69, 9.17) is 28.0 Å². The molecule has 1 aromatic carbocycles. The third-order valence-corrected chi connectivity index (χ3v) is 5.42. The third-order valence-electron chi connectivity index (χ3n) is 4.71. The number of aromatic nitrogens is 5. The van der Waals surface area contributed by atoms with Gasteiger partial charge in [0, 0.05) is 40.1 Å². The molecule has 3 heterocycles. The molecule has 3 aromatic heterocycles. The van der Waals surface area contributed by atoms with Crippen molar-refractivity contribution in [3.8, 4) is 11.1 Å². The van der Waals surface area contributed by atoms with Crippen LogP contribution in [0.15, 0.2) is 41.6 Å². The Morgan fingerprint density at radius 2 is 1.93 bits per heavy atom. The van der Waals surface area contributed by atoms with Crippen LogP contribution < -0.4 is 10.5 Å². The van der Waals surface area contributed by atoms with E-state index in [-0.39, 0.29) is 21.7 Å². The summed E-state index contributed by atoms with van der Waals surface area (Å²) in [4.78, 5) is 25.2. The molecule has 156 valence electrons. The fraction of sp³-hybridized carbons (Fsp3) is 0.250. The molecule has 0 spiro atoms. The number of aromatic amines is 1. The van der Waals surface area contributed by atoms with Crippen LogP contribution in [-0.4, -0.2) is 24.5 Å². The first-order valence-corrected chi connectivity index (χ1v) is 9.97. The normalized spacial score (nSPS) is 12.6. The average molecular weight is 450 g/mol. The fourth-order valence-corrected chi connectivity index (χ4v) is 3.80. The van der Waals surface area contributed by atoms with Crippen molar-refractivity contribution >= 4 is 34.4 Å². The zero-order chi connectivity index (χ0) is 21.6. The van der Waals surface area contributed by atoms with Crippen molar-refractivity contribution in [2.24, 2.45) is 0 Å². The number of pyridine rings is 1. The molecule has 0 saturated heterocycles. The van der Waals surface area contributed by atoms with E-state index in [2.05, 4.69) is 15.1 Å². The zero-order valence-corrected chi connectivity index (χ0v) is 17.9. The van der Waals surface area contributed by atoms with Gasteiger partial charge in [0.15, 0.2) is 11.8 Å². The first-order chi connectivity index (χ1) is 14.3. The molecule has 1 atom stereocenters. The lowest BCUT2D eigenvalue weighted by molar-refractivity contribution is 0.0492. The summed E-state index contributed by atoms with van der Waals surface area (Å²) in [6.45, 7) is 5.68. The Balaban J connectivity index is 1.75. The Hall–Kier alpha value is -2.84. The van der Waals surface area contributed by atoms with E-state index >= 15 is 0 Å². The monoisotopic (exact) mass is 449 g/mol. The second-order valence-corrected chi connectivity index (χ2v) is 7.91. The van der Waals surface area contributed by atoms with Gasteiger partial charge in [0.25, 0.3) is 0 Å². The number of nitrogens with one attached hydrogen (secondary N) is 1. The number of hydrogen-bond donors (Lipinski definition) is 1. The van der Waals surface area contributed by atoms with Crippen molar-refractivity contribution < 1.29 is 9.23 Å². The highest BCUT2D eigenvalue weighted by Gasteiger charge is 2.21. The Bertz CT molecular complexity index is 1290. The van der Waals surface area contributed by atoms with E-state index in [1.807, 2.05) is 24.7 Å². The molecule has 0 aliphatic rings. The summed E-state index contributed by atoms with van der Waals surface area (Å²) in [6, 6.07) is 4.54. The van der Waals surface area contributed by atoms with Gasteiger partial charge in [0.05, 0.1) is 11.2 Å². The second-order valence-electron chi connectivity index (χ2n) is 7.12. The maximum atomic E-state index is 13.9. The first kappa shape index (κ1) is 20.4. The minimum Gasteiger partial charge on any atom is -0.401 e. The van der Waals surface area contributed by atoms with E-state index < -0.39 is 17.6 Å². The quantitative estimate of drug-likeness (QED) is 0.443. The second kappa shape index (κ2) is 7.77. The Labute approximate surface area is 181 Å². The van der Waals surface area contributed by atoms with Crippen LogP contribution in [-0.2, 0) is 0 Å². The highest BCUT2D eigenvalue weighted by atomic mass is 35.5. The van der Waals surface area contributed by atoms with Gasteiger partial charge in [-0.2, -0.15) is 5.10 Å². The lowest BCUT2D eigenvalue weighted by atomic mass is 10.1. The van der Waals surface area contributed by atoms with E-state index in [0.29, 0.717) is 11.2 Å². The summed E-state index contributed by atoms with van der Waals surface area (Å²) < 4.78 is 16.8. The molecule has 0 amide bonds. The van der Waals surface area contributed by atoms with Crippen molar-refractivity contribution in [3.63, 3.8) is 0 Å². The van der Waals surface area contributed by atoms with Gasteiger partial charge < -0.3 is 4.84 Å². The number of benzene rings is 1. The van der Waals surface area contributed by atoms with Gasteiger partial charge >= 0.3 is 5.69 Å². The van der Waals surface area contributed by atoms with Crippen LogP contribution in [0, 0.1) is 5.82 Å². The topological polar surface area (TPSA) is 77.7 Å². The molecule has 10 heteroatoms. The molecule has 0 radical (unpaired) electrons. The first-order valence-electron chi connectivity index (χ1n) is 9.22. The Morgan fingerprint density at radius 1 is 1.17 bits per heavy atom. The SMILES string of the molecule is CC(On1c(=O)[nH]c2ncc(-c3cnn(C(C)C)c3)cc21)c1c(Cl)ccc(F)c1Cl. The number of hydrogen-bond acceptors (Lipinski definition) is 4. The summed E-state index contributed by atoms with van der Waals surface area (Å²) in [6.07, 6.45) is 4.48. The van der Waals surface area contributed by atoms with Crippen LogP contribution in [0.4, 0.5) is 4.39 Å². The summed E-state index contributed by atoms with van der Waals surface area (Å²) >= 11 is 12.2. The number of H-pyrrole nitrogens is 1. The molecule has 30 heavy (non-hydrogen) atoms. The van der Waals surface area contributed by atoms with E-state index in [1.165, 1.54) is 12.1 Å². The molecule has 1 unspecified atom stereocenters. The predicted octanol–water partition coefficient (Wildman–Crippen LogP) is 4.80. The highest BCUT2D eigenvalue weighted by Crippen LogP contribution is 2.33. The molecule has 0 fully saturated rings. The molecule has 0 bridgehead atoms. The van der Waals surface area contributed by atoms with Gasteiger partial charge in [-0.15, -0.1) is 4.73 Å². The molecule has 0 aliphatic carbocycles. The molecule has 4 rings (SSSR count). The maximum Gasteiger partial charge on any atom is 0.360 e. The van der Waals surface area contributed by atoms with E-state index in [9.17, 15) is 9.18 Å². The van der Waals surface area contributed by atoms with Gasteiger partial charge in [-0.25, -0.2) is 14.2 Å². The molecule has 7 nitrogen and oxygen atoms in total. The van der Waals surface area contributed by atoms with Crippen molar-refractivity contribution in [2.75, 3.05) is 0 Å². The van der Waals surface area contributed by atoms with Gasteiger partial charge in [-0.1, -0.05) is 23.2 Å². The standard InChI is InChI=1S/C20H18Cl2FN5O2/c1-10(2)27-9-13(8-25-27)12-6-16-19(24-7-12)26-20(29)28(16)30-11(3)17-14(21)4-5-15(23)18(17)22/h4-11H,1-3H3,(H,24,26,29). The molecule has 0 saturated carbocycles. The van der Waals surface area contributed by atoms with Crippen molar-refractivity contribution in [3.05, 3.63) is 68.7 Å². The smallest absolute Gasteiger partial charge is 0.360 e. The molecule has 0 aliphatic heterocycles. The van der Waals surface area contributed by atoms with Crippen molar-refractivity contribution in [2.45, 2.75) is 32.9 Å². The average Bonchev–Trinajstić information content (AvgIpc) is 3.30. The van der Waals surface area contributed by atoms with Crippen LogP contribution in [0.25, 0.3) is 22.3 Å². The summed E-state index contributed by atoms with van der Waals surface area (Å²) in [7, 11) is 0. The van der Waals surface area contributed by atoms with Crippen LogP contribution in [0.5, 0.6) is 0 Å². The molecular formula is C20H18Cl2FN5O2. The van der Waals surface area contributed by atoms with E-state index in [1.54, 1.807) is 25.4 Å². The number of rotatable bonds is 5. The maximum absolute atomic E-state index is 13.9. The van der Waals surface area contributed by atoms with Gasteiger partial charge in [0.1, 0.15) is 11.3 Å². The molecule has 1 N–H and O–H groups in total. The van der Waals surface area contributed by atoms with Gasteiger partial charge in [0.2, 0.25) is 0 Å². The minimum atomic E-state index is -0.801. The van der Waals surface area contributed by atoms with Crippen molar-refractivity contribution in [1.82, 2.24) is 24.5 Å². The minimum absolute atomic E-state index is 0.150. The number of imidazole rings is 1. The summed E-state index contributed by atoms with van der Waals surface area (Å²) in [5.41, 5.74) is 2.11. The Morgan fingerprint density at radius 3 is 2.63 bits per heavy atom. The summed E-state index contributed by atoms with van der Waals surface area (Å²) in [5, 5.41) is 4.42. The summed E-state index contributed by atoms with van der Waals surface area (Å²) in [5.74, 6) is -0.621. The Kier molecular flexibility index (Phi) is 5.29. The van der Waals surface area contributed by atoms with Crippen LogP contribution in [0.3, 0.4) is 0 Å². The molecular weight excluding hydrogens is 432 g/mol. The van der Waals surface area contributed by atoms with Crippen LogP contribution in [0.2, 0.25) is 10.0 Å². The lowest BCUT2D eigenvalue weighted by Crippen LogP contribution is -2.26. The predicted molar refractivity (Wildman–Crippen MR) is 113 cm³/mol. The molecule has 4 aromatic rings. The largest absolute Gasteiger partial charge is 0.401 e. The number of halogens is 3. The van der Waals surface area contributed by atoms with Crippen LogP contribution >= 0.6 is 23.2 Å². The van der Waals surface area contributed by atoms with Gasteiger partial charge in [-0.05, 0) is 39.0 Å². The fourth-order valence-electron chi connectivity index (χ4n) is 3.12.